The fourth-order valence-corrected chi connectivity index (χ4v) is 2.93. The summed E-state index contributed by atoms with van der Waals surface area (Å²) >= 11 is 0. The zero-order chi connectivity index (χ0) is 20.1. The lowest BCUT2D eigenvalue weighted by Crippen LogP contribution is -2.34. The molecule has 1 fully saturated rings. The molecule has 1 saturated heterocycles. The third kappa shape index (κ3) is 4.53. The number of nitrogens with zero attached hydrogens (tertiary/aromatic N) is 1. The predicted octanol–water partition coefficient (Wildman–Crippen LogP) is 1.28. The standard InChI is InChI=1S/C20H20N4O4/c21-18(26)14-6-8-15(9-7-14)22-17(25)12-16-19(27)24(20(28)23-16)11-10-13-4-2-1-3-5-13/h1-9,16H,10-12H2,(H2,21,26)(H,22,25)(H,23,28). The van der Waals surface area contributed by atoms with E-state index in [4.69, 9.17) is 5.73 Å². The number of anilines is 1. The summed E-state index contributed by atoms with van der Waals surface area (Å²) < 4.78 is 0. The lowest BCUT2D eigenvalue weighted by Gasteiger charge is -2.13. The zero-order valence-electron chi connectivity index (χ0n) is 15.1. The number of urea groups is 1. The Balaban J connectivity index is 1.54. The van der Waals surface area contributed by atoms with Crippen LogP contribution in [0.1, 0.15) is 22.3 Å². The molecule has 1 atom stereocenters. The first-order chi connectivity index (χ1) is 13.4. The molecule has 0 bridgehead atoms. The van der Waals surface area contributed by atoms with Gasteiger partial charge in [-0.15, -0.1) is 0 Å². The van der Waals surface area contributed by atoms with Crippen molar-refractivity contribution in [2.24, 2.45) is 5.73 Å². The van der Waals surface area contributed by atoms with Crippen LogP contribution in [0.15, 0.2) is 54.6 Å². The highest BCUT2D eigenvalue weighted by atomic mass is 16.2. The second-order valence-corrected chi connectivity index (χ2v) is 6.42. The first kappa shape index (κ1) is 19.1. The second-order valence-electron chi connectivity index (χ2n) is 6.42. The zero-order valence-corrected chi connectivity index (χ0v) is 15.1. The monoisotopic (exact) mass is 380 g/mol. The molecular weight excluding hydrogens is 360 g/mol. The van der Waals surface area contributed by atoms with E-state index in [1.807, 2.05) is 30.3 Å². The lowest BCUT2D eigenvalue weighted by atomic mass is 10.1. The number of carbonyl (C=O) groups is 4. The highest BCUT2D eigenvalue weighted by molar-refractivity contribution is 6.07. The number of hydrogen-bond donors (Lipinski definition) is 3. The number of nitrogens with two attached hydrogens (primary N) is 1. The van der Waals surface area contributed by atoms with Gasteiger partial charge in [-0.2, -0.15) is 0 Å². The summed E-state index contributed by atoms with van der Waals surface area (Å²) in [4.78, 5) is 48.9. The normalized spacial score (nSPS) is 16.0. The molecule has 5 amide bonds. The number of imide groups is 1. The molecular formula is C20H20N4O4. The van der Waals surface area contributed by atoms with E-state index in [0.717, 1.165) is 10.5 Å². The smallest absolute Gasteiger partial charge is 0.324 e. The summed E-state index contributed by atoms with van der Waals surface area (Å²) in [5.74, 6) is -1.40. The topological polar surface area (TPSA) is 122 Å². The van der Waals surface area contributed by atoms with Gasteiger partial charge in [-0.25, -0.2) is 4.79 Å². The fourth-order valence-electron chi connectivity index (χ4n) is 2.93. The molecule has 0 aromatic heterocycles. The maximum Gasteiger partial charge on any atom is 0.324 e. The predicted molar refractivity (Wildman–Crippen MR) is 102 cm³/mol. The van der Waals surface area contributed by atoms with Crippen LogP contribution in [0.2, 0.25) is 0 Å². The summed E-state index contributed by atoms with van der Waals surface area (Å²) in [7, 11) is 0. The van der Waals surface area contributed by atoms with Crippen molar-refractivity contribution >= 4 is 29.4 Å². The van der Waals surface area contributed by atoms with Crippen LogP contribution < -0.4 is 16.4 Å². The van der Waals surface area contributed by atoms with Crippen LogP contribution in [-0.2, 0) is 16.0 Å². The Morgan fingerprint density at radius 1 is 1.04 bits per heavy atom. The van der Waals surface area contributed by atoms with Gasteiger partial charge in [0.1, 0.15) is 6.04 Å². The van der Waals surface area contributed by atoms with Gasteiger partial charge in [-0.1, -0.05) is 30.3 Å². The second kappa shape index (κ2) is 8.34. The Kier molecular flexibility index (Phi) is 5.69. The van der Waals surface area contributed by atoms with Gasteiger partial charge >= 0.3 is 6.03 Å². The van der Waals surface area contributed by atoms with Crippen LogP contribution >= 0.6 is 0 Å². The Labute approximate surface area is 161 Å². The van der Waals surface area contributed by atoms with Crippen molar-refractivity contribution in [1.82, 2.24) is 10.2 Å². The third-order valence-electron chi connectivity index (χ3n) is 4.42. The van der Waals surface area contributed by atoms with Gasteiger partial charge in [0.2, 0.25) is 11.8 Å². The van der Waals surface area contributed by atoms with Crippen LogP contribution in [-0.4, -0.2) is 41.2 Å². The molecule has 8 heteroatoms. The molecule has 0 spiro atoms. The van der Waals surface area contributed by atoms with Gasteiger partial charge in [0, 0.05) is 17.8 Å². The number of hydrogen-bond acceptors (Lipinski definition) is 4. The summed E-state index contributed by atoms with van der Waals surface area (Å²) in [5.41, 5.74) is 6.98. The van der Waals surface area contributed by atoms with E-state index < -0.39 is 29.8 Å². The van der Waals surface area contributed by atoms with Crippen molar-refractivity contribution in [3.63, 3.8) is 0 Å². The molecule has 3 rings (SSSR count). The van der Waals surface area contributed by atoms with Crippen LogP contribution in [0.4, 0.5) is 10.5 Å². The molecule has 0 saturated carbocycles. The Hall–Kier alpha value is -3.68. The summed E-state index contributed by atoms with van der Waals surface area (Å²) in [6.07, 6.45) is 0.370. The van der Waals surface area contributed by atoms with E-state index in [9.17, 15) is 19.2 Å². The largest absolute Gasteiger partial charge is 0.366 e. The van der Waals surface area contributed by atoms with E-state index >= 15 is 0 Å². The highest BCUT2D eigenvalue weighted by Gasteiger charge is 2.38. The molecule has 4 N–H and O–H groups in total. The lowest BCUT2D eigenvalue weighted by molar-refractivity contribution is -0.129. The Morgan fingerprint density at radius 3 is 2.36 bits per heavy atom. The molecule has 0 aliphatic carbocycles. The number of benzene rings is 2. The van der Waals surface area contributed by atoms with Crippen molar-refractivity contribution in [3.8, 4) is 0 Å². The van der Waals surface area contributed by atoms with Crippen LogP contribution in [0.25, 0.3) is 0 Å². The first-order valence-corrected chi connectivity index (χ1v) is 8.79. The van der Waals surface area contributed by atoms with Gasteiger partial charge in [0.15, 0.2) is 0 Å². The third-order valence-corrected chi connectivity index (χ3v) is 4.42. The van der Waals surface area contributed by atoms with Crippen molar-refractivity contribution in [2.75, 3.05) is 11.9 Å². The molecule has 28 heavy (non-hydrogen) atoms. The average Bonchev–Trinajstić information content (AvgIpc) is 2.94. The molecule has 144 valence electrons. The molecule has 1 unspecified atom stereocenters. The fraction of sp³-hybridized carbons (Fsp3) is 0.200. The number of carbonyl (C=O) groups excluding carboxylic acids is 4. The van der Waals surface area contributed by atoms with E-state index in [2.05, 4.69) is 10.6 Å². The highest BCUT2D eigenvalue weighted by Crippen LogP contribution is 2.14. The van der Waals surface area contributed by atoms with E-state index in [-0.39, 0.29) is 13.0 Å². The van der Waals surface area contributed by atoms with Crippen LogP contribution in [0.3, 0.4) is 0 Å². The number of amides is 5. The molecule has 2 aromatic rings. The minimum atomic E-state index is -0.895. The molecule has 2 aromatic carbocycles. The van der Waals surface area contributed by atoms with Gasteiger partial charge in [-0.05, 0) is 36.2 Å². The Morgan fingerprint density at radius 2 is 1.71 bits per heavy atom. The molecule has 1 aliphatic rings. The van der Waals surface area contributed by atoms with Gasteiger partial charge in [-0.3, -0.25) is 19.3 Å². The number of primary amides is 1. The minimum absolute atomic E-state index is 0.177. The quantitative estimate of drug-likeness (QED) is 0.626. The minimum Gasteiger partial charge on any atom is -0.366 e. The summed E-state index contributed by atoms with van der Waals surface area (Å²) in [6.45, 7) is 0.251. The van der Waals surface area contributed by atoms with Gasteiger partial charge < -0.3 is 16.4 Å². The van der Waals surface area contributed by atoms with E-state index in [1.165, 1.54) is 12.1 Å². The SMILES string of the molecule is NC(=O)c1ccc(NC(=O)CC2NC(=O)N(CCc3ccccc3)C2=O)cc1. The van der Waals surface area contributed by atoms with Crippen molar-refractivity contribution < 1.29 is 19.2 Å². The molecule has 1 heterocycles. The number of rotatable bonds is 7. The van der Waals surface area contributed by atoms with Crippen molar-refractivity contribution in [3.05, 3.63) is 65.7 Å². The molecule has 8 nitrogen and oxygen atoms in total. The molecule has 0 radical (unpaired) electrons. The summed E-state index contributed by atoms with van der Waals surface area (Å²) in [5, 5.41) is 5.18. The maximum absolute atomic E-state index is 12.5. The first-order valence-electron chi connectivity index (χ1n) is 8.79. The Bertz CT molecular complexity index is 896. The van der Waals surface area contributed by atoms with Crippen molar-refractivity contribution in [1.29, 1.82) is 0 Å². The summed E-state index contributed by atoms with van der Waals surface area (Å²) in [6, 6.07) is 14.2. The van der Waals surface area contributed by atoms with Crippen LogP contribution in [0.5, 0.6) is 0 Å². The van der Waals surface area contributed by atoms with Crippen molar-refractivity contribution in [2.45, 2.75) is 18.9 Å². The van der Waals surface area contributed by atoms with Gasteiger partial charge in [0.05, 0.1) is 6.42 Å². The van der Waals surface area contributed by atoms with E-state index in [0.29, 0.717) is 17.7 Å². The average molecular weight is 380 g/mol. The maximum atomic E-state index is 12.5. The van der Waals surface area contributed by atoms with E-state index in [1.54, 1.807) is 12.1 Å². The molecule has 1 aliphatic heterocycles. The number of nitrogens with one attached hydrogen (secondary N) is 2. The van der Waals surface area contributed by atoms with Gasteiger partial charge in [0.25, 0.3) is 5.91 Å². The van der Waals surface area contributed by atoms with Crippen LogP contribution in [0, 0.1) is 0 Å².